The lowest BCUT2D eigenvalue weighted by atomic mass is 10.2. The Kier molecular flexibility index (Phi) is 5.78. The third-order valence-corrected chi connectivity index (χ3v) is 2.69. The lowest BCUT2D eigenvalue weighted by Gasteiger charge is -2.21. The van der Waals surface area contributed by atoms with Gasteiger partial charge in [0.2, 0.25) is 0 Å². The molecule has 6 heteroatoms. The molecule has 1 rings (SSSR count). The van der Waals surface area contributed by atoms with E-state index in [-0.39, 0.29) is 0 Å². The first-order chi connectivity index (χ1) is 9.04. The van der Waals surface area contributed by atoms with Gasteiger partial charge in [0.15, 0.2) is 0 Å². The fraction of sp³-hybridized carbons (Fsp3) is 0.462. The maximum Gasteiger partial charge on any atom is 0.326 e. The number of nitrogens with one attached hydrogen (secondary N) is 1. The molecule has 0 aliphatic carbocycles. The summed E-state index contributed by atoms with van der Waals surface area (Å²) in [7, 11) is 1.63. The summed E-state index contributed by atoms with van der Waals surface area (Å²) in [4.78, 5) is 28.2. The average molecular weight is 265 g/mol. The van der Waals surface area contributed by atoms with Gasteiger partial charge in [-0.15, -0.1) is 0 Å². The molecule has 0 unspecified atom stereocenters. The highest BCUT2D eigenvalue weighted by Crippen LogP contribution is 2.03. The molecule has 0 fully saturated rings. The van der Waals surface area contributed by atoms with Crippen LogP contribution >= 0.6 is 0 Å². The topological polar surface area (TPSA) is 82.5 Å². The maximum absolute atomic E-state index is 11.9. The molecule has 0 aliphatic rings. The number of carbonyl (C=O) groups is 2. The Bertz CT molecular complexity index is 422. The van der Waals surface area contributed by atoms with Crippen molar-refractivity contribution in [1.29, 1.82) is 0 Å². The van der Waals surface area contributed by atoms with E-state index in [4.69, 9.17) is 5.11 Å². The molecule has 0 bridgehead atoms. The second-order valence-electron chi connectivity index (χ2n) is 4.34. The molecule has 1 aromatic rings. The van der Waals surface area contributed by atoms with E-state index in [2.05, 4.69) is 10.3 Å². The molecular formula is C13H19N3O3. The predicted molar refractivity (Wildman–Crippen MR) is 70.6 cm³/mol. The van der Waals surface area contributed by atoms with Crippen LogP contribution in [-0.2, 0) is 11.3 Å². The van der Waals surface area contributed by atoms with Gasteiger partial charge in [-0.05, 0) is 24.1 Å². The lowest BCUT2D eigenvalue weighted by molar-refractivity contribution is -0.139. The van der Waals surface area contributed by atoms with E-state index in [1.54, 1.807) is 19.4 Å². The molecule has 0 aromatic carbocycles. The molecule has 0 spiro atoms. The number of urea groups is 1. The molecule has 0 saturated carbocycles. The van der Waals surface area contributed by atoms with Gasteiger partial charge in [0.1, 0.15) is 6.04 Å². The number of rotatable bonds is 6. The maximum atomic E-state index is 11.9. The standard InChI is InChI=1S/C13H19N3O3/c1-3-4-11(12(17)18)15-13(19)16(2)9-10-5-7-14-8-6-10/h5-8,11H,3-4,9H2,1-2H3,(H,15,19)(H,17,18)/t11-/m1/s1. The highest BCUT2D eigenvalue weighted by atomic mass is 16.4. The van der Waals surface area contributed by atoms with Crippen molar-refractivity contribution < 1.29 is 14.7 Å². The normalized spacial score (nSPS) is 11.7. The number of aromatic nitrogens is 1. The Labute approximate surface area is 112 Å². The van der Waals surface area contributed by atoms with Crippen molar-refractivity contribution in [3.05, 3.63) is 30.1 Å². The van der Waals surface area contributed by atoms with Crippen molar-refractivity contribution in [2.24, 2.45) is 0 Å². The SMILES string of the molecule is CCC[C@@H](NC(=O)N(C)Cc1ccncc1)C(=O)O. The number of carboxylic acid groups (broad SMARTS) is 1. The van der Waals surface area contributed by atoms with Crippen molar-refractivity contribution in [3.63, 3.8) is 0 Å². The largest absolute Gasteiger partial charge is 0.480 e. The number of hydrogen-bond donors (Lipinski definition) is 2. The van der Waals surface area contributed by atoms with Crippen LogP contribution in [0.5, 0.6) is 0 Å². The number of hydrogen-bond acceptors (Lipinski definition) is 3. The molecule has 6 nitrogen and oxygen atoms in total. The van der Waals surface area contributed by atoms with Crippen LogP contribution in [0.4, 0.5) is 4.79 Å². The first kappa shape index (κ1) is 14.9. The number of amides is 2. The summed E-state index contributed by atoms with van der Waals surface area (Å²) in [5, 5.41) is 11.5. The monoisotopic (exact) mass is 265 g/mol. The Morgan fingerprint density at radius 2 is 2.05 bits per heavy atom. The lowest BCUT2D eigenvalue weighted by Crippen LogP contribution is -2.46. The predicted octanol–water partition coefficient (Wildman–Crippen LogP) is 1.48. The summed E-state index contributed by atoms with van der Waals surface area (Å²) in [5.74, 6) is -1.01. The van der Waals surface area contributed by atoms with Crippen LogP contribution in [0.25, 0.3) is 0 Å². The quantitative estimate of drug-likeness (QED) is 0.816. The fourth-order valence-corrected chi connectivity index (χ4v) is 1.64. The number of pyridine rings is 1. The summed E-state index contributed by atoms with van der Waals surface area (Å²) < 4.78 is 0. The van der Waals surface area contributed by atoms with Crippen LogP contribution in [-0.4, -0.2) is 40.1 Å². The molecule has 19 heavy (non-hydrogen) atoms. The van der Waals surface area contributed by atoms with Crippen LogP contribution < -0.4 is 5.32 Å². The van der Waals surface area contributed by atoms with Gasteiger partial charge >= 0.3 is 12.0 Å². The molecule has 2 amide bonds. The van der Waals surface area contributed by atoms with Gasteiger partial charge in [-0.1, -0.05) is 13.3 Å². The smallest absolute Gasteiger partial charge is 0.326 e. The summed E-state index contributed by atoms with van der Waals surface area (Å²) in [6.45, 7) is 2.29. The van der Waals surface area contributed by atoms with Gasteiger partial charge in [0, 0.05) is 26.0 Å². The average Bonchev–Trinajstić information content (AvgIpc) is 2.39. The molecule has 1 atom stereocenters. The number of carbonyl (C=O) groups excluding carboxylic acids is 1. The van der Waals surface area contributed by atoms with E-state index in [9.17, 15) is 9.59 Å². The Balaban J connectivity index is 2.54. The van der Waals surface area contributed by atoms with E-state index in [0.29, 0.717) is 19.4 Å². The first-order valence-electron chi connectivity index (χ1n) is 6.18. The minimum absolute atomic E-state index is 0.391. The Morgan fingerprint density at radius 3 is 2.58 bits per heavy atom. The van der Waals surface area contributed by atoms with Gasteiger partial charge < -0.3 is 15.3 Å². The summed E-state index contributed by atoms with van der Waals surface area (Å²) in [5.41, 5.74) is 0.940. The molecule has 0 saturated heterocycles. The second-order valence-corrected chi connectivity index (χ2v) is 4.34. The second kappa shape index (κ2) is 7.35. The molecule has 1 heterocycles. The van der Waals surface area contributed by atoms with E-state index in [1.165, 1.54) is 4.90 Å². The van der Waals surface area contributed by atoms with Crippen LogP contribution in [0, 0.1) is 0 Å². The summed E-state index contributed by atoms with van der Waals surface area (Å²) in [6, 6.07) is 2.39. The first-order valence-corrected chi connectivity index (χ1v) is 6.18. The molecule has 104 valence electrons. The Morgan fingerprint density at radius 1 is 1.42 bits per heavy atom. The van der Waals surface area contributed by atoms with Crippen LogP contribution in [0.15, 0.2) is 24.5 Å². The molecule has 0 aliphatic heterocycles. The number of carboxylic acids is 1. The minimum Gasteiger partial charge on any atom is -0.480 e. The highest BCUT2D eigenvalue weighted by Gasteiger charge is 2.20. The van der Waals surface area contributed by atoms with Crippen molar-refractivity contribution in [2.45, 2.75) is 32.4 Å². The van der Waals surface area contributed by atoms with E-state index >= 15 is 0 Å². The van der Waals surface area contributed by atoms with Gasteiger partial charge in [-0.25, -0.2) is 9.59 Å². The summed E-state index contributed by atoms with van der Waals surface area (Å²) >= 11 is 0. The van der Waals surface area contributed by atoms with Gasteiger partial charge in [-0.2, -0.15) is 0 Å². The van der Waals surface area contributed by atoms with E-state index in [0.717, 1.165) is 5.56 Å². The van der Waals surface area contributed by atoms with Crippen LogP contribution in [0.1, 0.15) is 25.3 Å². The fourth-order valence-electron chi connectivity index (χ4n) is 1.64. The molecular weight excluding hydrogens is 246 g/mol. The van der Waals surface area contributed by atoms with Crippen LogP contribution in [0.3, 0.4) is 0 Å². The third kappa shape index (κ3) is 4.95. The van der Waals surface area contributed by atoms with Crippen molar-refractivity contribution in [2.75, 3.05) is 7.05 Å². The van der Waals surface area contributed by atoms with Gasteiger partial charge in [-0.3, -0.25) is 4.98 Å². The van der Waals surface area contributed by atoms with Crippen LogP contribution in [0.2, 0.25) is 0 Å². The summed E-state index contributed by atoms with van der Waals surface area (Å²) in [6.07, 6.45) is 4.42. The number of aliphatic carboxylic acids is 1. The zero-order chi connectivity index (χ0) is 14.3. The number of nitrogens with zero attached hydrogens (tertiary/aromatic N) is 2. The third-order valence-electron chi connectivity index (χ3n) is 2.69. The highest BCUT2D eigenvalue weighted by molar-refractivity contribution is 5.82. The minimum atomic E-state index is -1.01. The van der Waals surface area contributed by atoms with Crippen molar-refractivity contribution in [1.82, 2.24) is 15.2 Å². The Hall–Kier alpha value is -2.11. The zero-order valence-corrected chi connectivity index (χ0v) is 11.2. The van der Waals surface area contributed by atoms with Crippen molar-refractivity contribution in [3.8, 4) is 0 Å². The molecule has 0 radical (unpaired) electrons. The molecule has 1 aromatic heterocycles. The molecule has 2 N–H and O–H groups in total. The van der Waals surface area contributed by atoms with E-state index in [1.807, 2.05) is 19.1 Å². The zero-order valence-electron chi connectivity index (χ0n) is 11.2. The van der Waals surface area contributed by atoms with Gasteiger partial charge in [0.25, 0.3) is 0 Å². The van der Waals surface area contributed by atoms with Gasteiger partial charge in [0.05, 0.1) is 0 Å². The van der Waals surface area contributed by atoms with E-state index < -0.39 is 18.0 Å². The van der Waals surface area contributed by atoms with Crippen molar-refractivity contribution >= 4 is 12.0 Å².